The smallest absolute Gasteiger partial charge is 0.402 e. The van der Waals surface area contributed by atoms with Crippen LogP contribution in [0.1, 0.15) is 15.9 Å². The highest BCUT2D eigenvalue weighted by molar-refractivity contribution is 14.1. The van der Waals surface area contributed by atoms with Gasteiger partial charge in [0.2, 0.25) is 0 Å². The molecule has 0 atom stereocenters. The Hall–Kier alpha value is -0.0800. The third kappa shape index (κ3) is 4.21. The lowest BCUT2D eigenvalue weighted by atomic mass is 10.1. The van der Waals surface area contributed by atoms with Gasteiger partial charge >= 0.3 is 21.3 Å². The van der Waals surface area contributed by atoms with E-state index < -0.39 is 27.9 Å². The summed E-state index contributed by atoms with van der Waals surface area (Å²) < 4.78 is 60.5. The highest BCUT2D eigenvalue weighted by Gasteiger charge is 2.45. The molecular weight excluding hydrogens is 524 g/mol. The molecule has 20 heavy (non-hydrogen) atoms. The molecule has 0 radical (unpaired) electrons. The van der Waals surface area contributed by atoms with E-state index in [1.165, 1.54) is 6.07 Å². The molecule has 0 saturated carbocycles. The van der Waals surface area contributed by atoms with E-state index in [0.717, 1.165) is 9.13 Å². The molecule has 1 aromatic rings. The monoisotopic (exact) mass is 532 g/mol. The maximum atomic E-state index is 12.9. The van der Waals surface area contributed by atoms with Crippen molar-refractivity contribution in [3.63, 3.8) is 0 Å². The fourth-order valence-electron chi connectivity index (χ4n) is 1.17. The number of hydrogen-bond acceptors (Lipinski definition) is 4. The summed E-state index contributed by atoms with van der Waals surface area (Å²) >= 11 is 3.82. The van der Waals surface area contributed by atoms with Crippen molar-refractivity contribution in [1.82, 2.24) is 0 Å². The van der Waals surface area contributed by atoms with E-state index in [-0.39, 0.29) is 5.56 Å². The molecule has 5 nitrogen and oxygen atoms in total. The van der Waals surface area contributed by atoms with Crippen LogP contribution in [0, 0.1) is 14.1 Å². The van der Waals surface area contributed by atoms with Crippen LogP contribution in [0.15, 0.2) is 12.1 Å². The number of rotatable bonds is 4. The molecule has 112 valence electrons. The molecule has 0 heterocycles. The number of hydrogen-bond donors (Lipinski definition) is 1. The largest absolute Gasteiger partial charge is 0.454 e. The summed E-state index contributed by atoms with van der Waals surface area (Å²) in [5.74, 6) is -1.08. The third-order valence-corrected chi connectivity index (χ3v) is 6.06. The number of aryl methyl sites for hydroxylation is 1. The highest BCUT2D eigenvalue weighted by atomic mass is 127. The number of carbonyl (C=O) groups excluding carboxylic acids is 1. The fraction of sp³-hybridized carbons (Fsp3) is 0.300. The normalized spacial score (nSPS) is 12.3. The number of benzene rings is 1. The number of halogens is 4. The Morgan fingerprint density at radius 1 is 1.40 bits per heavy atom. The highest BCUT2D eigenvalue weighted by Crippen LogP contribution is 2.24. The number of alkyl halides is 2. The van der Waals surface area contributed by atoms with Gasteiger partial charge in [-0.1, -0.05) is 0 Å². The average Bonchev–Trinajstić information content (AvgIpc) is 2.29. The molecule has 1 N–H and O–H groups in total. The molecule has 0 aliphatic carbocycles. The molecule has 0 bridgehead atoms. The predicted octanol–water partition coefficient (Wildman–Crippen LogP) is 2.84. The summed E-state index contributed by atoms with van der Waals surface area (Å²) in [7, 11) is -5.62. The van der Waals surface area contributed by atoms with Gasteiger partial charge in [-0.2, -0.15) is 17.2 Å². The van der Waals surface area contributed by atoms with Crippen molar-refractivity contribution in [1.29, 1.82) is 0 Å². The zero-order valence-corrected chi connectivity index (χ0v) is 15.0. The quantitative estimate of drug-likeness (QED) is 0.367. The van der Waals surface area contributed by atoms with Crippen LogP contribution in [0.2, 0.25) is 0 Å². The van der Waals surface area contributed by atoms with Gasteiger partial charge in [-0.05, 0) is 69.8 Å². The lowest BCUT2D eigenvalue weighted by Crippen LogP contribution is -2.34. The Balaban J connectivity index is 2.94. The first-order valence-electron chi connectivity index (χ1n) is 4.93. The van der Waals surface area contributed by atoms with Crippen molar-refractivity contribution in [3.05, 3.63) is 30.4 Å². The van der Waals surface area contributed by atoms with Gasteiger partial charge in [-0.3, -0.25) is 4.55 Å². The van der Waals surface area contributed by atoms with Gasteiger partial charge < -0.3 is 4.74 Å². The van der Waals surface area contributed by atoms with Crippen molar-refractivity contribution in [2.75, 3.05) is 6.61 Å². The minimum Gasteiger partial charge on any atom is -0.454 e. The second-order valence-corrected chi connectivity index (χ2v) is 7.59. The molecule has 0 aromatic heterocycles. The Bertz CT molecular complexity index is 645. The fourth-order valence-corrected chi connectivity index (χ4v) is 2.70. The topological polar surface area (TPSA) is 80.7 Å². The van der Waals surface area contributed by atoms with E-state index in [1.807, 2.05) is 45.2 Å². The predicted molar refractivity (Wildman–Crippen MR) is 83.4 cm³/mol. The SMILES string of the molecule is Cc1cc(I)c(I)c(C(=O)OCC(F)(F)S(=O)(=O)O)c1. The lowest BCUT2D eigenvalue weighted by molar-refractivity contribution is -0.00958. The Morgan fingerprint density at radius 2 is 1.95 bits per heavy atom. The second-order valence-electron chi connectivity index (χ2n) is 3.80. The van der Waals surface area contributed by atoms with E-state index >= 15 is 0 Å². The first-order valence-corrected chi connectivity index (χ1v) is 8.53. The first-order chi connectivity index (χ1) is 8.95. The average molecular weight is 532 g/mol. The molecule has 1 aromatic carbocycles. The van der Waals surface area contributed by atoms with E-state index in [2.05, 4.69) is 4.74 Å². The standard InChI is InChI=1S/C10H8F2I2O5S/c1-5-2-6(8(14)7(13)3-5)9(15)19-4-10(11,12)20(16,17)18/h2-3H,4H2,1H3,(H,16,17,18). The molecule has 0 fully saturated rings. The van der Waals surface area contributed by atoms with Gasteiger partial charge in [-0.25, -0.2) is 4.79 Å². The lowest BCUT2D eigenvalue weighted by Gasteiger charge is -2.14. The van der Waals surface area contributed by atoms with Gasteiger partial charge in [0.15, 0.2) is 6.61 Å². The summed E-state index contributed by atoms with van der Waals surface area (Å²) in [6, 6.07) is 3.23. The van der Waals surface area contributed by atoms with E-state index in [9.17, 15) is 22.0 Å². The van der Waals surface area contributed by atoms with Crippen molar-refractivity contribution in [2.24, 2.45) is 0 Å². The molecule has 10 heteroatoms. The van der Waals surface area contributed by atoms with Gasteiger partial charge in [-0.15, -0.1) is 0 Å². The zero-order chi connectivity index (χ0) is 15.7. The number of carbonyl (C=O) groups is 1. The van der Waals surface area contributed by atoms with Crippen LogP contribution in [0.4, 0.5) is 8.78 Å². The first kappa shape index (κ1) is 18.0. The summed E-state index contributed by atoms with van der Waals surface area (Å²) in [5.41, 5.74) is 0.782. The Morgan fingerprint density at radius 3 is 2.45 bits per heavy atom. The van der Waals surface area contributed by atoms with Crippen molar-refractivity contribution in [3.8, 4) is 0 Å². The van der Waals surface area contributed by atoms with E-state index in [0.29, 0.717) is 3.57 Å². The van der Waals surface area contributed by atoms with Crippen LogP contribution in [0.3, 0.4) is 0 Å². The van der Waals surface area contributed by atoms with Crippen molar-refractivity contribution < 1.29 is 31.3 Å². The van der Waals surface area contributed by atoms with Crippen LogP contribution in [-0.4, -0.2) is 30.8 Å². The molecule has 0 aliphatic rings. The van der Waals surface area contributed by atoms with Crippen LogP contribution >= 0.6 is 45.2 Å². The third-order valence-electron chi connectivity index (χ3n) is 2.14. The molecule has 0 unspecified atom stereocenters. The van der Waals surface area contributed by atoms with Crippen LogP contribution < -0.4 is 0 Å². The van der Waals surface area contributed by atoms with Gasteiger partial charge in [0.05, 0.1) is 5.56 Å². The molecule has 1 rings (SSSR count). The molecule has 0 aliphatic heterocycles. The van der Waals surface area contributed by atoms with E-state index in [4.69, 9.17) is 4.55 Å². The number of esters is 1. The second kappa shape index (κ2) is 6.36. The van der Waals surface area contributed by atoms with E-state index in [1.54, 1.807) is 13.0 Å². The molecule has 0 amide bonds. The molecule has 0 saturated heterocycles. The maximum Gasteiger partial charge on any atom is 0.402 e. The molecular formula is C10H8F2I2O5S. The summed E-state index contributed by atoms with van der Waals surface area (Å²) in [5, 5.41) is -4.54. The summed E-state index contributed by atoms with van der Waals surface area (Å²) in [4.78, 5) is 11.7. The van der Waals surface area contributed by atoms with Gasteiger partial charge in [0, 0.05) is 7.14 Å². The van der Waals surface area contributed by atoms with Crippen LogP contribution in [0.25, 0.3) is 0 Å². The minimum atomic E-state index is -5.62. The van der Waals surface area contributed by atoms with Crippen molar-refractivity contribution in [2.45, 2.75) is 12.2 Å². The van der Waals surface area contributed by atoms with Gasteiger partial charge in [0.25, 0.3) is 0 Å². The minimum absolute atomic E-state index is 0.0566. The number of ether oxygens (including phenoxy) is 1. The van der Waals surface area contributed by atoms with Crippen LogP contribution in [0.5, 0.6) is 0 Å². The van der Waals surface area contributed by atoms with Crippen molar-refractivity contribution >= 4 is 61.3 Å². The summed E-state index contributed by atoms with van der Waals surface area (Å²) in [6.07, 6.45) is 0. The van der Waals surface area contributed by atoms with Crippen LogP contribution in [-0.2, 0) is 14.9 Å². The Kier molecular flexibility index (Phi) is 5.71. The van der Waals surface area contributed by atoms with Gasteiger partial charge in [0.1, 0.15) is 0 Å². The Labute approximate surface area is 141 Å². The zero-order valence-electron chi connectivity index (χ0n) is 9.86. The summed E-state index contributed by atoms with van der Waals surface area (Å²) in [6.45, 7) is -0.0346. The maximum absolute atomic E-state index is 12.9. The molecule has 0 spiro atoms.